The van der Waals surface area contributed by atoms with Crippen LogP contribution in [0.3, 0.4) is 0 Å². The van der Waals surface area contributed by atoms with Crippen molar-refractivity contribution in [1.82, 2.24) is 10.2 Å². The van der Waals surface area contributed by atoms with Crippen LogP contribution in [0, 0.1) is 0 Å². The Kier molecular flexibility index (Phi) is 5.43. The summed E-state index contributed by atoms with van der Waals surface area (Å²) < 4.78 is 10.9. The van der Waals surface area contributed by atoms with E-state index in [0.717, 1.165) is 57.9 Å². The number of morpholine rings is 1. The van der Waals surface area contributed by atoms with Crippen molar-refractivity contribution < 1.29 is 14.3 Å². The summed E-state index contributed by atoms with van der Waals surface area (Å²) in [5.74, 6) is -0.0145. The van der Waals surface area contributed by atoms with Crippen LogP contribution in [0.1, 0.15) is 28.8 Å². The third kappa shape index (κ3) is 4.29. The molecule has 2 aliphatic heterocycles. The first kappa shape index (κ1) is 15.5. The van der Waals surface area contributed by atoms with Crippen molar-refractivity contribution in [2.24, 2.45) is 0 Å². The van der Waals surface area contributed by atoms with Gasteiger partial charge < -0.3 is 14.8 Å². The van der Waals surface area contributed by atoms with Crippen LogP contribution in [-0.2, 0) is 16.0 Å². The van der Waals surface area contributed by atoms with Gasteiger partial charge in [-0.15, -0.1) is 0 Å². The summed E-state index contributed by atoms with van der Waals surface area (Å²) in [6, 6.07) is 7.89. The molecule has 1 unspecified atom stereocenters. The summed E-state index contributed by atoms with van der Waals surface area (Å²) >= 11 is 0. The minimum absolute atomic E-state index is 0.0145. The highest BCUT2D eigenvalue weighted by molar-refractivity contribution is 5.94. The van der Waals surface area contributed by atoms with Gasteiger partial charge in [-0.25, -0.2) is 0 Å². The molecule has 22 heavy (non-hydrogen) atoms. The fraction of sp³-hybridized carbons (Fsp3) is 0.588. The Morgan fingerprint density at radius 2 is 2.14 bits per heavy atom. The summed E-state index contributed by atoms with van der Waals surface area (Å²) in [6.45, 7) is 5.78. The van der Waals surface area contributed by atoms with E-state index in [0.29, 0.717) is 6.54 Å². The number of hydrogen-bond donors (Lipinski definition) is 1. The number of ether oxygens (including phenoxy) is 2. The lowest BCUT2D eigenvalue weighted by Crippen LogP contribution is -2.35. The molecule has 0 aromatic heterocycles. The number of nitrogens with one attached hydrogen (secondary N) is 1. The maximum absolute atomic E-state index is 12.2. The van der Waals surface area contributed by atoms with Gasteiger partial charge in [0.1, 0.15) is 0 Å². The zero-order valence-electron chi connectivity index (χ0n) is 12.9. The Bertz CT molecular complexity index is 494. The van der Waals surface area contributed by atoms with E-state index in [9.17, 15) is 4.79 Å². The largest absolute Gasteiger partial charge is 0.379 e. The molecular weight excluding hydrogens is 280 g/mol. The second-order valence-electron chi connectivity index (χ2n) is 5.93. The number of amides is 1. The number of benzene rings is 1. The molecule has 2 fully saturated rings. The maximum Gasteiger partial charge on any atom is 0.251 e. The molecule has 2 aliphatic rings. The van der Waals surface area contributed by atoms with E-state index < -0.39 is 0 Å². The molecule has 2 heterocycles. The van der Waals surface area contributed by atoms with Crippen LogP contribution in [0.2, 0.25) is 0 Å². The lowest BCUT2D eigenvalue weighted by molar-refractivity contribution is 0.0342. The molecule has 5 nitrogen and oxygen atoms in total. The minimum atomic E-state index is -0.0145. The van der Waals surface area contributed by atoms with Gasteiger partial charge in [-0.3, -0.25) is 9.69 Å². The van der Waals surface area contributed by atoms with Gasteiger partial charge in [0.2, 0.25) is 0 Å². The monoisotopic (exact) mass is 304 g/mol. The van der Waals surface area contributed by atoms with Gasteiger partial charge in [0.25, 0.3) is 5.91 Å². The highest BCUT2D eigenvalue weighted by Crippen LogP contribution is 2.12. The number of nitrogens with zero attached hydrogens (tertiary/aromatic N) is 1. The fourth-order valence-corrected chi connectivity index (χ4v) is 2.94. The second-order valence-corrected chi connectivity index (χ2v) is 5.93. The third-order valence-electron chi connectivity index (χ3n) is 4.21. The van der Waals surface area contributed by atoms with Gasteiger partial charge in [0, 0.05) is 38.3 Å². The molecular formula is C17H24N2O3. The summed E-state index contributed by atoms with van der Waals surface area (Å²) in [5.41, 5.74) is 1.90. The Labute approximate surface area is 131 Å². The topological polar surface area (TPSA) is 50.8 Å². The Hall–Kier alpha value is -1.43. The van der Waals surface area contributed by atoms with Crippen LogP contribution in [0.15, 0.2) is 24.3 Å². The van der Waals surface area contributed by atoms with Gasteiger partial charge in [0.15, 0.2) is 0 Å². The van der Waals surface area contributed by atoms with Crippen molar-refractivity contribution in [3.63, 3.8) is 0 Å². The molecule has 1 aromatic carbocycles. The predicted octanol–water partition coefficient (Wildman–Crippen LogP) is 1.43. The van der Waals surface area contributed by atoms with Crippen LogP contribution in [-0.4, -0.2) is 56.4 Å². The van der Waals surface area contributed by atoms with E-state index in [4.69, 9.17) is 9.47 Å². The minimum Gasteiger partial charge on any atom is -0.379 e. The first-order chi connectivity index (χ1) is 10.8. The molecule has 1 N–H and O–H groups in total. The highest BCUT2D eigenvalue weighted by atomic mass is 16.5. The highest BCUT2D eigenvalue weighted by Gasteiger charge is 2.17. The van der Waals surface area contributed by atoms with Gasteiger partial charge in [-0.05, 0) is 30.5 Å². The SMILES string of the molecule is O=C(NCC1CCCO1)c1cccc(CN2CCOCC2)c1. The lowest BCUT2D eigenvalue weighted by atomic mass is 10.1. The third-order valence-corrected chi connectivity index (χ3v) is 4.21. The molecule has 0 aliphatic carbocycles. The summed E-state index contributed by atoms with van der Waals surface area (Å²) in [5, 5.41) is 2.97. The fourth-order valence-electron chi connectivity index (χ4n) is 2.94. The Morgan fingerprint density at radius 1 is 1.27 bits per heavy atom. The van der Waals surface area contributed by atoms with Crippen LogP contribution in [0.25, 0.3) is 0 Å². The van der Waals surface area contributed by atoms with Crippen molar-refractivity contribution in [2.45, 2.75) is 25.5 Å². The molecule has 2 saturated heterocycles. The molecule has 0 saturated carbocycles. The van der Waals surface area contributed by atoms with Gasteiger partial charge in [-0.2, -0.15) is 0 Å². The molecule has 0 spiro atoms. The van der Waals surface area contributed by atoms with Crippen LogP contribution < -0.4 is 5.32 Å². The molecule has 120 valence electrons. The smallest absolute Gasteiger partial charge is 0.251 e. The second kappa shape index (κ2) is 7.72. The number of carbonyl (C=O) groups is 1. The molecule has 0 bridgehead atoms. The zero-order valence-corrected chi connectivity index (χ0v) is 12.9. The average molecular weight is 304 g/mol. The van der Waals surface area contributed by atoms with Crippen LogP contribution >= 0.6 is 0 Å². The summed E-state index contributed by atoms with van der Waals surface area (Å²) in [6.07, 6.45) is 2.31. The quantitative estimate of drug-likeness (QED) is 0.894. The normalized spacial score (nSPS) is 22.6. The van der Waals surface area contributed by atoms with E-state index in [1.807, 2.05) is 18.2 Å². The van der Waals surface area contributed by atoms with Crippen molar-refractivity contribution in [1.29, 1.82) is 0 Å². The molecule has 1 amide bonds. The number of hydrogen-bond acceptors (Lipinski definition) is 4. The maximum atomic E-state index is 12.2. The zero-order chi connectivity index (χ0) is 15.2. The molecule has 0 radical (unpaired) electrons. The molecule has 3 rings (SSSR count). The Morgan fingerprint density at radius 3 is 2.91 bits per heavy atom. The average Bonchev–Trinajstić information content (AvgIpc) is 3.07. The summed E-state index contributed by atoms with van der Waals surface area (Å²) in [4.78, 5) is 14.6. The predicted molar refractivity (Wildman–Crippen MR) is 83.8 cm³/mol. The molecule has 1 atom stereocenters. The van der Waals surface area contributed by atoms with E-state index in [1.165, 1.54) is 5.56 Å². The van der Waals surface area contributed by atoms with E-state index in [-0.39, 0.29) is 12.0 Å². The molecule has 1 aromatic rings. The lowest BCUT2D eigenvalue weighted by Gasteiger charge is -2.26. The van der Waals surface area contributed by atoms with E-state index in [2.05, 4.69) is 16.3 Å². The van der Waals surface area contributed by atoms with Crippen molar-refractivity contribution in [3.05, 3.63) is 35.4 Å². The standard InChI is InChI=1S/C17H24N2O3/c20-17(18-12-16-5-2-8-22-16)15-4-1-3-14(11-15)13-19-6-9-21-10-7-19/h1,3-4,11,16H,2,5-10,12-13H2,(H,18,20). The number of carbonyl (C=O) groups excluding carboxylic acids is 1. The van der Waals surface area contributed by atoms with Crippen molar-refractivity contribution in [2.75, 3.05) is 39.5 Å². The molecule has 5 heteroatoms. The van der Waals surface area contributed by atoms with Crippen LogP contribution in [0.4, 0.5) is 0 Å². The Balaban J connectivity index is 1.53. The van der Waals surface area contributed by atoms with Gasteiger partial charge in [-0.1, -0.05) is 12.1 Å². The summed E-state index contributed by atoms with van der Waals surface area (Å²) in [7, 11) is 0. The van der Waals surface area contributed by atoms with Gasteiger partial charge in [0.05, 0.1) is 19.3 Å². The van der Waals surface area contributed by atoms with Crippen molar-refractivity contribution in [3.8, 4) is 0 Å². The van der Waals surface area contributed by atoms with E-state index in [1.54, 1.807) is 0 Å². The first-order valence-electron chi connectivity index (χ1n) is 8.10. The first-order valence-corrected chi connectivity index (χ1v) is 8.10. The van der Waals surface area contributed by atoms with E-state index >= 15 is 0 Å². The number of rotatable bonds is 5. The van der Waals surface area contributed by atoms with Crippen molar-refractivity contribution >= 4 is 5.91 Å². The van der Waals surface area contributed by atoms with Gasteiger partial charge >= 0.3 is 0 Å². The van der Waals surface area contributed by atoms with Crippen LogP contribution in [0.5, 0.6) is 0 Å².